The van der Waals surface area contributed by atoms with Gasteiger partial charge in [0, 0.05) is 22.6 Å². The third-order valence-electron chi connectivity index (χ3n) is 3.74. The minimum atomic E-state index is -3.86. The van der Waals surface area contributed by atoms with E-state index < -0.39 is 10.0 Å². The van der Waals surface area contributed by atoms with Crippen molar-refractivity contribution in [3.63, 3.8) is 0 Å². The second-order valence-corrected chi connectivity index (χ2v) is 8.85. The second-order valence-electron chi connectivity index (χ2n) is 5.44. The molecule has 1 heterocycles. The number of nitrogens with zero attached hydrogens (tertiary/aromatic N) is 1. The van der Waals surface area contributed by atoms with Crippen LogP contribution in [-0.2, 0) is 14.8 Å². The van der Waals surface area contributed by atoms with Crippen molar-refractivity contribution in [2.75, 3.05) is 35.9 Å². The van der Waals surface area contributed by atoms with Gasteiger partial charge in [0.1, 0.15) is 4.90 Å². The molecule has 134 valence electrons. The Morgan fingerprint density at radius 3 is 2.48 bits per heavy atom. The second kappa shape index (κ2) is 7.72. The van der Waals surface area contributed by atoms with Crippen molar-refractivity contribution in [2.24, 2.45) is 0 Å². The molecular formula is C16H15BrCl2N2O3S. The van der Waals surface area contributed by atoms with Crippen molar-refractivity contribution in [1.29, 1.82) is 0 Å². The lowest BCUT2D eigenvalue weighted by Crippen LogP contribution is -2.36. The number of anilines is 2. The molecule has 1 saturated heterocycles. The quantitative estimate of drug-likeness (QED) is 0.727. The molecule has 5 nitrogen and oxygen atoms in total. The molecule has 0 saturated carbocycles. The average molecular weight is 466 g/mol. The van der Waals surface area contributed by atoms with E-state index in [1.807, 2.05) is 0 Å². The molecule has 0 spiro atoms. The van der Waals surface area contributed by atoms with Gasteiger partial charge in [0.25, 0.3) is 10.0 Å². The van der Waals surface area contributed by atoms with Crippen LogP contribution in [0, 0.1) is 0 Å². The minimum Gasteiger partial charge on any atom is -0.378 e. The molecular weight excluding hydrogens is 451 g/mol. The first-order valence-corrected chi connectivity index (χ1v) is 10.5. The predicted octanol–water partition coefficient (Wildman–Crippen LogP) is 4.39. The van der Waals surface area contributed by atoms with E-state index in [-0.39, 0.29) is 9.92 Å². The fraction of sp³-hybridized carbons (Fsp3) is 0.250. The van der Waals surface area contributed by atoms with Crippen molar-refractivity contribution < 1.29 is 13.2 Å². The summed E-state index contributed by atoms with van der Waals surface area (Å²) in [6.07, 6.45) is 0. The van der Waals surface area contributed by atoms with Gasteiger partial charge < -0.3 is 9.64 Å². The normalized spacial score (nSPS) is 15.2. The number of benzene rings is 2. The van der Waals surface area contributed by atoms with Gasteiger partial charge >= 0.3 is 0 Å². The molecule has 1 aliphatic rings. The Bertz CT molecular complexity index is 887. The highest BCUT2D eigenvalue weighted by atomic mass is 79.9. The van der Waals surface area contributed by atoms with Gasteiger partial charge in [0.15, 0.2) is 0 Å². The van der Waals surface area contributed by atoms with Crippen LogP contribution in [0.15, 0.2) is 45.8 Å². The molecule has 3 rings (SSSR count). The molecule has 0 aromatic heterocycles. The van der Waals surface area contributed by atoms with Crippen molar-refractivity contribution in [2.45, 2.75) is 4.90 Å². The van der Waals surface area contributed by atoms with E-state index in [1.54, 1.807) is 24.3 Å². The first-order chi connectivity index (χ1) is 11.9. The molecule has 9 heteroatoms. The summed E-state index contributed by atoms with van der Waals surface area (Å²) in [5.74, 6) is 0. The SMILES string of the molecule is O=S(=O)(Nc1cc(Cl)ccc1N1CCOCC1)c1ccc(Br)cc1Cl. The van der Waals surface area contributed by atoms with E-state index in [2.05, 4.69) is 25.6 Å². The van der Waals surface area contributed by atoms with E-state index in [0.29, 0.717) is 41.5 Å². The van der Waals surface area contributed by atoms with Crippen LogP contribution in [0.4, 0.5) is 11.4 Å². The Labute approximate surface area is 165 Å². The van der Waals surface area contributed by atoms with Crippen molar-refractivity contribution >= 4 is 60.5 Å². The Morgan fingerprint density at radius 2 is 1.80 bits per heavy atom. The fourth-order valence-corrected chi connectivity index (χ4v) is 4.84. The summed E-state index contributed by atoms with van der Waals surface area (Å²) in [6.45, 7) is 2.53. The van der Waals surface area contributed by atoms with Crippen molar-refractivity contribution in [3.05, 3.63) is 50.9 Å². The van der Waals surface area contributed by atoms with Gasteiger partial charge in [-0.3, -0.25) is 4.72 Å². The van der Waals surface area contributed by atoms with Crippen LogP contribution in [0.5, 0.6) is 0 Å². The van der Waals surface area contributed by atoms with Crippen LogP contribution in [0.1, 0.15) is 0 Å². The molecule has 25 heavy (non-hydrogen) atoms. The molecule has 1 fully saturated rings. The van der Waals surface area contributed by atoms with Gasteiger partial charge in [-0.2, -0.15) is 0 Å². The number of hydrogen-bond donors (Lipinski definition) is 1. The molecule has 2 aromatic rings. The zero-order valence-corrected chi connectivity index (χ0v) is 16.9. The third-order valence-corrected chi connectivity index (χ3v) is 6.31. The standard InChI is InChI=1S/C16H15BrCl2N2O3S/c17-11-1-4-16(13(19)9-11)25(22,23)20-14-10-12(18)2-3-15(14)21-5-7-24-8-6-21/h1-4,9-10,20H,5-8H2. The van der Waals surface area contributed by atoms with E-state index in [1.165, 1.54) is 12.1 Å². The van der Waals surface area contributed by atoms with Crippen LogP contribution in [0.3, 0.4) is 0 Å². The Hall–Kier alpha value is -0.990. The van der Waals surface area contributed by atoms with Gasteiger partial charge in [-0.15, -0.1) is 0 Å². The van der Waals surface area contributed by atoms with Gasteiger partial charge in [-0.25, -0.2) is 8.42 Å². The van der Waals surface area contributed by atoms with Gasteiger partial charge in [0.05, 0.1) is 29.6 Å². The van der Waals surface area contributed by atoms with E-state index in [0.717, 1.165) is 5.69 Å². The molecule has 1 N–H and O–H groups in total. The van der Waals surface area contributed by atoms with Gasteiger partial charge in [0.2, 0.25) is 0 Å². The fourth-order valence-electron chi connectivity index (χ4n) is 2.56. The third kappa shape index (κ3) is 4.41. The highest BCUT2D eigenvalue weighted by Crippen LogP contribution is 2.33. The summed E-state index contributed by atoms with van der Waals surface area (Å²) in [7, 11) is -3.86. The van der Waals surface area contributed by atoms with Gasteiger partial charge in [-0.1, -0.05) is 39.1 Å². The maximum Gasteiger partial charge on any atom is 0.263 e. The topological polar surface area (TPSA) is 58.6 Å². The number of ether oxygens (including phenoxy) is 1. The maximum atomic E-state index is 12.8. The van der Waals surface area contributed by atoms with Crippen LogP contribution >= 0.6 is 39.1 Å². The zero-order chi connectivity index (χ0) is 18.0. The summed E-state index contributed by atoms with van der Waals surface area (Å²) in [5, 5.41) is 0.577. The van der Waals surface area contributed by atoms with Crippen molar-refractivity contribution in [1.82, 2.24) is 0 Å². The molecule has 0 amide bonds. The van der Waals surface area contributed by atoms with Crippen LogP contribution in [-0.4, -0.2) is 34.7 Å². The minimum absolute atomic E-state index is 0.00488. The highest BCUT2D eigenvalue weighted by Gasteiger charge is 2.22. The monoisotopic (exact) mass is 464 g/mol. The Morgan fingerprint density at radius 1 is 1.08 bits per heavy atom. The lowest BCUT2D eigenvalue weighted by atomic mass is 10.2. The van der Waals surface area contributed by atoms with Crippen LogP contribution < -0.4 is 9.62 Å². The summed E-state index contributed by atoms with van der Waals surface area (Å²) < 4.78 is 34.2. The maximum absolute atomic E-state index is 12.8. The smallest absolute Gasteiger partial charge is 0.263 e. The highest BCUT2D eigenvalue weighted by molar-refractivity contribution is 9.10. The Balaban J connectivity index is 1.97. The van der Waals surface area contributed by atoms with Crippen LogP contribution in [0.2, 0.25) is 10.0 Å². The number of nitrogens with one attached hydrogen (secondary N) is 1. The molecule has 2 aromatic carbocycles. The van der Waals surface area contributed by atoms with E-state index in [9.17, 15) is 8.42 Å². The number of halogens is 3. The lowest BCUT2D eigenvalue weighted by molar-refractivity contribution is 0.123. The summed E-state index contributed by atoms with van der Waals surface area (Å²) in [4.78, 5) is 2.06. The molecule has 0 atom stereocenters. The van der Waals surface area contributed by atoms with E-state index in [4.69, 9.17) is 27.9 Å². The zero-order valence-electron chi connectivity index (χ0n) is 13.0. The summed E-state index contributed by atoms with van der Waals surface area (Å²) in [5.41, 5.74) is 1.16. The molecule has 1 aliphatic heterocycles. The first-order valence-electron chi connectivity index (χ1n) is 7.47. The summed E-state index contributed by atoms with van der Waals surface area (Å²) >= 11 is 15.4. The molecule has 0 bridgehead atoms. The Kier molecular flexibility index (Phi) is 5.80. The van der Waals surface area contributed by atoms with E-state index >= 15 is 0 Å². The number of morpholine rings is 1. The number of sulfonamides is 1. The lowest BCUT2D eigenvalue weighted by Gasteiger charge is -2.30. The first kappa shape index (κ1) is 18.8. The molecule has 0 radical (unpaired) electrons. The average Bonchev–Trinajstić information content (AvgIpc) is 2.55. The van der Waals surface area contributed by atoms with Crippen molar-refractivity contribution in [3.8, 4) is 0 Å². The largest absolute Gasteiger partial charge is 0.378 e. The summed E-state index contributed by atoms with van der Waals surface area (Å²) in [6, 6.07) is 9.74. The van der Waals surface area contributed by atoms with Crippen LogP contribution in [0.25, 0.3) is 0 Å². The molecule has 0 aliphatic carbocycles. The number of hydrogen-bond acceptors (Lipinski definition) is 4. The predicted molar refractivity (Wildman–Crippen MR) is 104 cm³/mol. The van der Waals surface area contributed by atoms with Gasteiger partial charge in [-0.05, 0) is 36.4 Å². The molecule has 0 unspecified atom stereocenters. The number of rotatable bonds is 4.